The van der Waals surface area contributed by atoms with Crippen molar-refractivity contribution in [1.29, 1.82) is 0 Å². The van der Waals surface area contributed by atoms with Gasteiger partial charge in [0.2, 0.25) is 0 Å². The Morgan fingerprint density at radius 3 is 2.75 bits per heavy atom. The van der Waals surface area contributed by atoms with Gasteiger partial charge in [-0.3, -0.25) is 9.59 Å². The molecule has 0 saturated heterocycles. The summed E-state index contributed by atoms with van der Waals surface area (Å²) in [5.41, 5.74) is 0.349. The maximum Gasteiger partial charge on any atom is 0.274 e. The molecule has 1 aliphatic rings. The van der Waals surface area contributed by atoms with Crippen molar-refractivity contribution in [2.45, 2.75) is 52.7 Å². The summed E-state index contributed by atoms with van der Waals surface area (Å²) in [6.07, 6.45) is 0.874. The van der Waals surface area contributed by atoms with Gasteiger partial charge >= 0.3 is 0 Å². The van der Waals surface area contributed by atoms with E-state index >= 15 is 0 Å². The topological polar surface area (TPSA) is 88.9 Å². The minimum atomic E-state index is -0.362. The Labute approximate surface area is 118 Å². The molecule has 2 rings (SSSR count). The van der Waals surface area contributed by atoms with Gasteiger partial charge in [0, 0.05) is 12.1 Å². The fourth-order valence-corrected chi connectivity index (χ4v) is 2.36. The molecule has 0 fully saturated rings. The Bertz CT molecular complexity index is 521. The number of hydrogen-bond donors (Lipinski definition) is 2. The number of fused-ring (bicyclic) bond motifs is 1. The average molecular weight is 279 g/mol. The Morgan fingerprint density at radius 1 is 1.45 bits per heavy atom. The van der Waals surface area contributed by atoms with Gasteiger partial charge in [0.25, 0.3) is 11.8 Å². The van der Waals surface area contributed by atoms with Crippen LogP contribution in [0.1, 0.15) is 55.1 Å². The molecule has 7 nitrogen and oxygen atoms in total. The monoisotopic (exact) mass is 279 g/mol. The van der Waals surface area contributed by atoms with Crippen molar-refractivity contribution in [1.82, 2.24) is 25.6 Å². The molecule has 7 heteroatoms. The van der Waals surface area contributed by atoms with E-state index in [1.54, 1.807) is 0 Å². The van der Waals surface area contributed by atoms with E-state index in [0.29, 0.717) is 12.5 Å². The summed E-state index contributed by atoms with van der Waals surface area (Å²) in [6.45, 7) is 8.47. The number of nitrogens with one attached hydrogen (secondary N) is 2. The molecule has 1 aromatic heterocycles. The Balaban J connectivity index is 2.21. The number of amides is 2. The molecule has 20 heavy (non-hydrogen) atoms. The van der Waals surface area contributed by atoms with Crippen LogP contribution in [0.15, 0.2) is 0 Å². The first kappa shape index (κ1) is 14.5. The highest BCUT2D eigenvalue weighted by Gasteiger charge is 2.32. The van der Waals surface area contributed by atoms with Gasteiger partial charge in [-0.15, -0.1) is 5.10 Å². The fourth-order valence-electron chi connectivity index (χ4n) is 2.36. The number of carbonyl (C=O) groups is 2. The van der Waals surface area contributed by atoms with Crippen molar-refractivity contribution in [3.8, 4) is 0 Å². The summed E-state index contributed by atoms with van der Waals surface area (Å²) in [7, 11) is 0. The first-order valence-electron chi connectivity index (χ1n) is 6.93. The third-order valence-electron chi connectivity index (χ3n) is 3.07. The van der Waals surface area contributed by atoms with Gasteiger partial charge in [0.1, 0.15) is 0 Å². The lowest BCUT2D eigenvalue weighted by Crippen LogP contribution is -2.46. The highest BCUT2D eigenvalue weighted by atomic mass is 16.2. The number of carbonyl (C=O) groups excluding carboxylic acids is 2. The molecule has 0 aliphatic carbocycles. The SMILES string of the molecule is CC(C)C[C@H]1Cn2nnc(C(=O)NC(C)C)c2C(=O)N1. The molecule has 2 amide bonds. The van der Waals surface area contributed by atoms with Crippen LogP contribution in [-0.4, -0.2) is 38.9 Å². The molecule has 0 spiro atoms. The van der Waals surface area contributed by atoms with E-state index in [0.717, 1.165) is 6.42 Å². The van der Waals surface area contributed by atoms with Crippen LogP contribution in [-0.2, 0) is 6.54 Å². The maximum absolute atomic E-state index is 12.2. The molecule has 1 aliphatic heterocycles. The van der Waals surface area contributed by atoms with Gasteiger partial charge in [-0.05, 0) is 26.2 Å². The van der Waals surface area contributed by atoms with E-state index in [9.17, 15) is 9.59 Å². The minimum absolute atomic E-state index is 0.0137. The zero-order chi connectivity index (χ0) is 14.9. The van der Waals surface area contributed by atoms with Crippen molar-refractivity contribution in [3.05, 3.63) is 11.4 Å². The molecule has 2 N–H and O–H groups in total. The predicted octanol–water partition coefficient (Wildman–Crippen LogP) is 0.574. The van der Waals surface area contributed by atoms with E-state index in [1.807, 2.05) is 13.8 Å². The van der Waals surface area contributed by atoms with E-state index < -0.39 is 0 Å². The average Bonchev–Trinajstić information content (AvgIpc) is 2.71. The van der Waals surface area contributed by atoms with Crippen LogP contribution in [0.2, 0.25) is 0 Å². The molecule has 0 bridgehead atoms. The lowest BCUT2D eigenvalue weighted by molar-refractivity contribution is 0.0868. The van der Waals surface area contributed by atoms with E-state index in [-0.39, 0.29) is 35.3 Å². The quantitative estimate of drug-likeness (QED) is 0.843. The van der Waals surface area contributed by atoms with Gasteiger partial charge in [0.15, 0.2) is 11.4 Å². The zero-order valence-corrected chi connectivity index (χ0v) is 12.3. The number of nitrogens with zero attached hydrogens (tertiary/aromatic N) is 3. The smallest absolute Gasteiger partial charge is 0.274 e. The molecule has 0 radical (unpaired) electrons. The second-order valence-electron chi connectivity index (χ2n) is 5.90. The van der Waals surface area contributed by atoms with Crippen LogP contribution in [0.25, 0.3) is 0 Å². The molecule has 1 aromatic rings. The Hall–Kier alpha value is -1.92. The van der Waals surface area contributed by atoms with Crippen LogP contribution in [0.4, 0.5) is 0 Å². The predicted molar refractivity (Wildman–Crippen MR) is 73.3 cm³/mol. The van der Waals surface area contributed by atoms with Crippen LogP contribution < -0.4 is 10.6 Å². The highest BCUT2D eigenvalue weighted by Crippen LogP contribution is 2.16. The van der Waals surface area contributed by atoms with Gasteiger partial charge in [0.05, 0.1) is 6.54 Å². The highest BCUT2D eigenvalue weighted by molar-refractivity contribution is 6.05. The maximum atomic E-state index is 12.2. The van der Waals surface area contributed by atoms with Crippen LogP contribution in [0, 0.1) is 5.92 Å². The first-order valence-corrected chi connectivity index (χ1v) is 6.93. The summed E-state index contributed by atoms with van der Waals surface area (Å²) in [5.74, 6) is -0.159. The van der Waals surface area contributed by atoms with Crippen LogP contribution in [0.3, 0.4) is 0 Å². The lowest BCUT2D eigenvalue weighted by Gasteiger charge is -2.25. The second-order valence-corrected chi connectivity index (χ2v) is 5.90. The number of rotatable bonds is 4. The first-order chi connectivity index (χ1) is 9.38. The van der Waals surface area contributed by atoms with Crippen LogP contribution in [0.5, 0.6) is 0 Å². The molecule has 0 unspecified atom stereocenters. The number of aromatic nitrogens is 3. The summed E-state index contributed by atoms with van der Waals surface area (Å²) in [5, 5.41) is 13.4. The Morgan fingerprint density at radius 2 is 2.15 bits per heavy atom. The lowest BCUT2D eigenvalue weighted by atomic mass is 10.0. The largest absolute Gasteiger partial charge is 0.348 e. The molecule has 0 saturated carbocycles. The van der Waals surface area contributed by atoms with Gasteiger partial charge in [-0.2, -0.15) is 0 Å². The summed E-state index contributed by atoms with van der Waals surface area (Å²) in [6, 6.07) is 0.0258. The molecule has 0 aromatic carbocycles. The van der Waals surface area contributed by atoms with Crippen molar-refractivity contribution in [2.24, 2.45) is 5.92 Å². The second kappa shape index (κ2) is 5.60. The van der Waals surface area contributed by atoms with Gasteiger partial charge < -0.3 is 10.6 Å². The Kier molecular flexibility index (Phi) is 4.06. The third kappa shape index (κ3) is 2.97. The number of hydrogen-bond acceptors (Lipinski definition) is 4. The van der Waals surface area contributed by atoms with E-state index in [2.05, 4.69) is 34.8 Å². The fraction of sp³-hybridized carbons (Fsp3) is 0.692. The summed E-state index contributed by atoms with van der Waals surface area (Å²) in [4.78, 5) is 24.1. The summed E-state index contributed by atoms with van der Waals surface area (Å²) >= 11 is 0. The summed E-state index contributed by atoms with van der Waals surface area (Å²) < 4.78 is 1.53. The van der Waals surface area contributed by atoms with Gasteiger partial charge in [-0.25, -0.2) is 4.68 Å². The third-order valence-corrected chi connectivity index (χ3v) is 3.07. The standard InChI is InChI=1S/C13H21N5O2/c1-7(2)5-9-6-18-11(13(20)15-9)10(16-17-18)12(19)14-8(3)4/h7-9H,5-6H2,1-4H3,(H,14,19)(H,15,20)/t9-/m0/s1. The van der Waals surface area contributed by atoms with Crippen molar-refractivity contribution in [2.75, 3.05) is 0 Å². The molecule has 1 atom stereocenters. The zero-order valence-electron chi connectivity index (χ0n) is 12.3. The van der Waals surface area contributed by atoms with Crippen molar-refractivity contribution >= 4 is 11.8 Å². The molecular weight excluding hydrogens is 258 g/mol. The minimum Gasteiger partial charge on any atom is -0.348 e. The normalized spacial score (nSPS) is 18.1. The molecular formula is C13H21N5O2. The van der Waals surface area contributed by atoms with E-state index in [4.69, 9.17) is 0 Å². The van der Waals surface area contributed by atoms with E-state index in [1.165, 1.54) is 4.68 Å². The van der Waals surface area contributed by atoms with Crippen molar-refractivity contribution in [3.63, 3.8) is 0 Å². The molecule has 110 valence electrons. The van der Waals surface area contributed by atoms with Crippen LogP contribution >= 0.6 is 0 Å². The van der Waals surface area contributed by atoms with Gasteiger partial charge in [-0.1, -0.05) is 19.1 Å². The van der Waals surface area contributed by atoms with Crippen molar-refractivity contribution < 1.29 is 9.59 Å². The molecule has 2 heterocycles.